The molecule has 2 aliphatic heterocycles. The summed E-state index contributed by atoms with van der Waals surface area (Å²) < 4.78 is 2.00. The number of aromatic nitrogens is 2. The Morgan fingerprint density at radius 2 is 1.10 bits per heavy atom. The van der Waals surface area contributed by atoms with Gasteiger partial charge in [0.25, 0.3) is 0 Å². The molecule has 0 bridgehead atoms. The third-order valence-electron chi connectivity index (χ3n) is 10.3. The standard InChI is InChI=1S/C20H22BrN3O.C20H22BrN3/c1-23-6-8-24(9-7-23)20-18-5-3-2-4-17(18)15(13-25)10-14-11-16(21)12-22-19(14)20;1-14-11-15-12-16(21)13-22-19(15)20(18-6-4-3-5-17(14)18)24-9-7-23(2)8-10-24/h2-5,10-12,20,25H,6-9,13H2,1H3;3-6,11-13,20H,7-10H2,1-2H3. The first-order valence-electron chi connectivity index (χ1n) is 17.1. The Morgan fingerprint density at radius 3 is 1.61 bits per heavy atom. The van der Waals surface area contributed by atoms with Crippen molar-refractivity contribution in [3.05, 3.63) is 127 Å². The van der Waals surface area contributed by atoms with Crippen LogP contribution in [0.2, 0.25) is 0 Å². The van der Waals surface area contributed by atoms with Crippen molar-refractivity contribution in [2.75, 3.05) is 73.1 Å². The lowest BCUT2D eigenvalue weighted by Gasteiger charge is -2.38. The molecule has 2 aliphatic carbocycles. The van der Waals surface area contributed by atoms with E-state index >= 15 is 0 Å². The molecule has 4 aromatic rings. The minimum Gasteiger partial charge on any atom is -0.392 e. The van der Waals surface area contributed by atoms with Crippen LogP contribution >= 0.6 is 31.9 Å². The average Bonchev–Trinajstić information content (AvgIpc) is 3.33. The number of hydrogen-bond acceptors (Lipinski definition) is 7. The van der Waals surface area contributed by atoms with Crippen LogP contribution in [-0.2, 0) is 0 Å². The lowest BCUT2D eigenvalue weighted by molar-refractivity contribution is 0.125. The summed E-state index contributed by atoms with van der Waals surface area (Å²) in [5.74, 6) is 0. The van der Waals surface area contributed by atoms with Gasteiger partial charge in [0.2, 0.25) is 0 Å². The first-order chi connectivity index (χ1) is 23.8. The van der Waals surface area contributed by atoms with Crippen LogP contribution in [0.5, 0.6) is 0 Å². The quantitative estimate of drug-likeness (QED) is 0.239. The minimum absolute atomic E-state index is 0.0262. The summed E-state index contributed by atoms with van der Waals surface area (Å²) in [6, 6.07) is 21.9. The molecule has 2 aromatic heterocycles. The molecule has 2 saturated heterocycles. The number of allylic oxidation sites excluding steroid dienone is 1. The number of likely N-dealkylation sites (N-methyl/N-ethyl adjacent to an activating group) is 2. The van der Waals surface area contributed by atoms with Gasteiger partial charge < -0.3 is 14.9 Å². The van der Waals surface area contributed by atoms with Gasteiger partial charge in [-0.25, -0.2) is 0 Å². The number of nitrogens with zero attached hydrogens (tertiary/aromatic N) is 6. The lowest BCUT2D eigenvalue weighted by Crippen LogP contribution is -2.46. The van der Waals surface area contributed by atoms with E-state index in [-0.39, 0.29) is 18.7 Å². The molecule has 49 heavy (non-hydrogen) atoms. The van der Waals surface area contributed by atoms with Gasteiger partial charge in [0.15, 0.2) is 0 Å². The third kappa shape index (κ3) is 7.26. The Bertz CT molecular complexity index is 1880. The van der Waals surface area contributed by atoms with Crippen molar-refractivity contribution in [3.63, 3.8) is 0 Å². The predicted molar refractivity (Wildman–Crippen MR) is 207 cm³/mol. The molecule has 2 atom stereocenters. The number of aliphatic hydroxyl groups excluding tert-OH is 1. The summed E-state index contributed by atoms with van der Waals surface area (Å²) in [7, 11) is 4.38. The summed E-state index contributed by atoms with van der Waals surface area (Å²) in [5.41, 5.74) is 11.9. The molecule has 2 aromatic carbocycles. The van der Waals surface area contributed by atoms with E-state index in [0.29, 0.717) is 0 Å². The molecule has 2 fully saturated rings. The van der Waals surface area contributed by atoms with E-state index in [1.165, 1.54) is 33.5 Å². The SMILES string of the molecule is CC1=Cc2cc(Br)cnc2C(N2CCN(C)CC2)c2ccccc21.CN1CCN(C2c3ccccc3C(CO)=Cc3cc(Br)cnc32)CC1. The molecule has 9 heteroatoms. The van der Waals surface area contributed by atoms with E-state index in [1.807, 2.05) is 18.5 Å². The van der Waals surface area contributed by atoms with Crippen LogP contribution in [-0.4, -0.2) is 108 Å². The van der Waals surface area contributed by atoms with Crippen LogP contribution in [0, 0.1) is 0 Å². The maximum atomic E-state index is 9.97. The Balaban J connectivity index is 0.000000154. The summed E-state index contributed by atoms with van der Waals surface area (Å²) in [6.45, 7) is 10.7. The largest absolute Gasteiger partial charge is 0.392 e. The fourth-order valence-electron chi connectivity index (χ4n) is 7.64. The third-order valence-corrected chi connectivity index (χ3v) is 11.2. The van der Waals surface area contributed by atoms with Gasteiger partial charge in [-0.15, -0.1) is 0 Å². The van der Waals surface area contributed by atoms with Gasteiger partial charge in [0.05, 0.1) is 30.1 Å². The van der Waals surface area contributed by atoms with E-state index in [0.717, 1.165) is 83.7 Å². The van der Waals surface area contributed by atoms with Crippen molar-refractivity contribution < 1.29 is 5.11 Å². The number of pyridine rings is 2. The van der Waals surface area contributed by atoms with Crippen LogP contribution in [0.25, 0.3) is 23.3 Å². The number of hydrogen-bond donors (Lipinski definition) is 1. The molecule has 0 radical (unpaired) electrons. The molecule has 254 valence electrons. The van der Waals surface area contributed by atoms with Gasteiger partial charge in [-0.05, 0) is 122 Å². The van der Waals surface area contributed by atoms with Crippen molar-refractivity contribution in [2.24, 2.45) is 0 Å². The highest BCUT2D eigenvalue weighted by molar-refractivity contribution is 9.10. The first-order valence-corrected chi connectivity index (χ1v) is 18.7. The van der Waals surface area contributed by atoms with Crippen molar-refractivity contribution in [3.8, 4) is 0 Å². The first kappa shape index (κ1) is 34.4. The molecule has 0 saturated carbocycles. The molecule has 8 rings (SSSR count). The van der Waals surface area contributed by atoms with Gasteiger partial charge in [-0.1, -0.05) is 48.5 Å². The second kappa shape index (κ2) is 15.1. The monoisotopic (exact) mass is 782 g/mol. The number of piperazine rings is 2. The van der Waals surface area contributed by atoms with E-state index in [1.54, 1.807) is 0 Å². The molecular weight excluding hydrogens is 740 g/mol. The number of rotatable bonds is 3. The van der Waals surface area contributed by atoms with E-state index in [4.69, 9.17) is 9.97 Å². The normalized spacial score (nSPS) is 21.4. The van der Waals surface area contributed by atoms with Crippen LogP contribution in [0.15, 0.2) is 82.0 Å². The average molecular weight is 785 g/mol. The molecule has 1 N–H and O–H groups in total. The van der Waals surface area contributed by atoms with Gasteiger partial charge in [-0.2, -0.15) is 0 Å². The molecule has 0 spiro atoms. The van der Waals surface area contributed by atoms with Crippen molar-refractivity contribution in [1.82, 2.24) is 29.6 Å². The Hall–Kier alpha value is -3.02. The van der Waals surface area contributed by atoms with Crippen molar-refractivity contribution in [2.45, 2.75) is 19.0 Å². The lowest BCUT2D eigenvalue weighted by atomic mass is 9.94. The summed E-state index contributed by atoms with van der Waals surface area (Å²) in [5, 5.41) is 9.97. The summed E-state index contributed by atoms with van der Waals surface area (Å²) in [4.78, 5) is 19.5. The minimum atomic E-state index is 0.0262. The van der Waals surface area contributed by atoms with Crippen LogP contribution in [0.1, 0.15) is 63.8 Å². The van der Waals surface area contributed by atoms with Crippen molar-refractivity contribution >= 4 is 55.2 Å². The van der Waals surface area contributed by atoms with Crippen molar-refractivity contribution in [1.29, 1.82) is 0 Å². The molecule has 4 heterocycles. The molecule has 0 amide bonds. The number of fused-ring (bicyclic) bond motifs is 4. The zero-order valence-electron chi connectivity index (χ0n) is 28.5. The predicted octanol–water partition coefficient (Wildman–Crippen LogP) is 7.08. The topological polar surface area (TPSA) is 59.0 Å². The smallest absolute Gasteiger partial charge is 0.0789 e. The summed E-state index contributed by atoms with van der Waals surface area (Å²) >= 11 is 7.12. The zero-order chi connectivity index (χ0) is 34.1. The maximum Gasteiger partial charge on any atom is 0.0789 e. The highest BCUT2D eigenvalue weighted by atomic mass is 79.9. The number of aliphatic hydroxyl groups is 1. The Morgan fingerprint density at radius 1 is 0.653 bits per heavy atom. The van der Waals surface area contributed by atoms with E-state index < -0.39 is 0 Å². The van der Waals surface area contributed by atoms with Gasteiger partial charge in [-0.3, -0.25) is 19.8 Å². The molecule has 4 aliphatic rings. The fourth-order valence-corrected chi connectivity index (χ4v) is 8.34. The highest BCUT2D eigenvalue weighted by Gasteiger charge is 2.33. The Labute approximate surface area is 307 Å². The molecule has 2 unspecified atom stereocenters. The van der Waals surface area contributed by atoms with Gasteiger partial charge in [0.1, 0.15) is 0 Å². The number of benzene rings is 2. The molecular formula is C40H44Br2N6O. The summed E-state index contributed by atoms with van der Waals surface area (Å²) in [6.07, 6.45) is 8.17. The number of halogens is 2. The zero-order valence-corrected chi connectivity index (χ0v) is 31.7. The van der Waals surface area contributed by atoms with Crippen LogP contribution < -0.4 is 0 Å². The maximum absolute atomic E-state index is 9.97. The second-order valence-electron chi connectivity index (χ2n) is 13.6. The van der Waals surface area contributed by atoms with E-state index in [2.05, 4.69) is 139 Å². The van der Waals surface area contributed by atoms with E-state index in [9.17, 15) is 5.11 Å². The fraction of sp³-hybridized carbons (Fsp3) is 0.350. The van der Waals surface area contributed by atoms with Gasteiger partial charge >= 0.3 is 0 Å². The second-order valence-corrected chi connectivity index (χ2v) is 15.4. The molecule has 7 nitrogen and oxygen atoms in total. The van der Waals surface area contributed by atoms with Gasteiger partial charge in [0, 0.05) is 73.7 Å². The Kier molecular flexibility index (Phi) is 10.6. The van der Waals surface area contributed by atoms with Crippen LogP contribution in [0.4, 0.5) is 0 Å². The highest BCUT2D eigenvalue weighted by Crippen LogP contribution is 2.41. The van der Waals surface area contributed by atoms with Crippen LogP contribution in [0.3, 0.4) is 0 Å².